The number of ether oxygens (including phenoxy) is 3. The van der Waals surface area contributed by atoms with E-state index in [4.69, 9.17) is 14.2 Å². The Morgan fingerprint density at radius 3 is 0.887 bits per heavy atom. The lowest BCUT2D eigenvalue weighted by Crippen LogP contribution is -2.30. The van der Waals surface area contributed by atoms with Gasteiger partial charge in [0, 0.05) is 19.3 Å². The fourth-order valence-electron chi connectivity index (χ4n) is 7.28. The second-order valence-electron chi connectivity index (χ2n) is 18.5. The van der Waals surface area contributed by atoms with Gasteiger partial charge in [0.15, 0.2) is 6.10 Å². The van der Waals surface area contributed by atoms with Crippen LogP contribution in [-0.2, 0) is 28.6 Å². The molecule has 0 amide bonds. The van der Waals surface area contributed by atoms with E-state index in [0.717, 1.165) is 83.5 Å². The van der Waals surface area contributed by atoms with Gasteiger partial charge < -0.3 is 14.2 Å². The van der Waals surface area contributed by atoms with Crippen molar-refractivity contribution in [3.63, 3.8) is 0 Å². The van der Waals surface area contributed by atoms with Crippen LogP contribution in [0.25, 0.3) is 0 Å². The molecule has 0 fully saturated rings. The maximum Gasteiger partial charge on any atom is 0.306 e. The smallest absolute Gasteiger partial charge is 0.306 e. The molecule has 0 radical (unpaired) electrons. The summed E-state index contributed by atoms with van der Waals surface area (Å²) in [6.45, 7) is 6.43. The molecular weight excluding hydrogens is 877 g/mol. The van der Waals surface area contributed by atoms with Crippen molar-refractivity contribution in [1.29, 1.82) is 0 Å². The van der Waals surface area contributed by atoms with Crippen LogP contribution in [0.3, 0.4) is 0 Å². The molecule has 0 aromatic heterocycles. The van der Waals surface area contributed by atoms with E-state index in [-0.39, 0.29) is 50.4 Å². The third kappa shape index (κ3) is 56.3. The van der Waals surface area contributed by atoms with Gasteiger partial charge in [-0.3, -0.25) is 14.4 Å². The highest BCUT2D eigenvalue weighted by molar-refractivity contribution is 5.71. The zero-order valence-electron chi connectivity index (χ0n) is 45.7. The third-order valence-corrected chi connectivity index (χ3v) is 11.6. The van der Waals surface area contributed by atoms with E-state index < -0.39 is 6.10 Å². The summed E-state index contributed by atoms with van der Waals surface area (Å²) in [6, 6.07) is 0. The van der Waals surface area contributed by atoms with Gasteiger partial charge in [-0.05, 0) is 122 Å². The zero-order valence-corrected chi connectivity index (χ0v) is 45.7. The van der Waals surface area contributed by atoms with Gasteiger partial charge in [-0.25, -0.2) is 0 Å². The molecule has 0 aliphatic heterocycles. The molecule has 0 saturated carbocycles. The molecule has 0 bridgehead atoms. The van der Waals surface area contributed by atoms with Crippen LogP contribution >= 0.6 is 0 Å². The first-order valence-electron chi connectivity index (χ1n) is 28.7. The molecule has 0 aromatic carbocycles. The molecule has 0 aromatic rings. The van der Waals surface area contributed by atoms with Crippen LogP contribution in [0.5, 0.6) is 0 Å². The molecule has 0 heterocycles. The number of rotatable bonds is 50. The van der Waals surface area contributed by atoms with E-state index >= 15 is 0 Å². The Kier molecular flexibility index (Phi) is 54.5. The van der Waals surface area contributed by atoms with Crippen LogP contribution in [0.1, 0.15) is 239 Å². The lowest BCUT2D eigenvalue weighted by Gasteiger charge is -2.18. The van der Waals surface area contributed by atoms with Gasteiger partial charge in [-0.1, -0.05) is 231 Å². The number of allylic oxidation sites excluding steroid dienone is 22. The normalized spacial score (nSPS) is 12.7. The van der Waals surface area contributed by atoms with Crippen LogP contribution < -0.4 is 0 Å². The largest absolute Gasteiger partial charge is 0.462 e. The average molecular weight is 982 g/mol. The lowest BCUT2D eigenvalue weighted by molar-refractivity contribution is -0.166. The van der Waals surface area contributed by atoms with E-state index in [1.165, 1.54) is 103 Å². The van der Waals surface area contributed by atoms with Crippen molar-refractivity contribution in [1.82, 2.24) is 0 Å². The van der Waals surface area contributed by atoms with Crippen LogP contribution in [0, 0.1) is 0 Å². The van der Waals surface area contributed by atoms with Crippen molar-refractivity contribution >= 4 is 17.9 Å². The number of carbonyl (C=O) groups is 3. The summed E-state index contributed by atoms with van der Waals surface area (Å²) in [6.07, 6.45) is 81.7. The summed E-state index contributed by atoms with van der Waals surface area (Å²) in [7, 11) is 0. The Morgan fingerprint density at radius 1 is 0.282 bits per heavy atom. The van der Waals surface area contributed by atoms with E-state index in [1.807, 2.05) is 24.3 Å². The van der Waals surface area contributed by atoms with Crippen LogP contribution in [0.15, 0.2) is 134 Å². The summed E-state index contributed by atoms with van der Waals surface area (Å²) in [5.74, 6) is -1.12. The predicted octanol–water partition coefficient (Wildman–Crippen LogP) is 19.4. The molecule has 6 nitrogen and oxygen atoms in total. The van der Waals surface area contributed by atoms with Gasteiger partial charge in [-0.2, -0.15) is 0 Å². The number of unbranched alkanes of at least 4 members (excludes halogenated alkanes) is 17. The van der Waals surface area contributed by atoms with Gasteiger partial charge in [0.2, 0.25) is 0 Å². The van der Waals surface area contributed by atoms with E-state index in [2.05, 4.69) is 130 Å². The van der Waals surface area contributed by atoms with Crippen LogP contribution in [0.4, 0.5) is 0 Å². The van der Waals surface area contributed by atoms with E-state index in [0.29, 0.717) is 12.8 Å². The van der Waals surface area contributed by atoms with Gasteiger partial charge in [0.25, 0.3) is 0 Å². The first-order chi connectivity index (χ1) is 35.0. The summed E-state index contributed by atoms with van der Waals surface area (Å²) in [4.78, 5) is 38.1. The second-order valence-corrected chi connectivity index (χ2v) is 18.5. The van der Waals surface area contributed by atoms with Crippen LogP contribution in [-0.4, -0.2) is 37.2 Å². The van der Waals surface area contributed by atoms with Crippen LogP contribution in [0.2, 0.25) is 0 Å². The monoisotopic (exact) mass is 981 g/mol. The maximum atomic E-state index is 12.8. The first kappa shape index (κ1) is 66.6. The van der Waals surface area contributed by atoms with Crippen molar-refractivity contribution in [3.05, 3.63) is 134 Å². The first-order valence-corrected chi connectivity index (χ1v) is 28.7. The quantitative estimate of drug-likeness (QED) is 0.0262. The standard InChI is InChI=1S/C65H104O6/c1-4-7-10-13-16-19-22-25-28-30-32-34-37-39-42-45-48-51-54-57-63(66)69-60-62(71-65(68)59-56-53-50-47-44-41-36-27-24-21-18-15-12-9-6-3)61-70-64(67)58-55-52-49-46-43-40-38-35-33-31-29-26-23-20-17-14-11-8-5-2/h16-17,19-20,25-29,32-36,39-40,42-43,48-49,51-52,62H,4-15,18,21-24,30-31,37-38,41,44-47,50,53-61H2,1-3H3/b19-16-,20-17-,28-25-,29-26-,34-32-,35-33-,36-27-,42-39-,43-40-,51-48-,52-49-. The third-order valence-electron chi connectivity index (χ3n) is 11.6. The summed E-state index contributed by atoms with van der Waals surface area (Å²) >= 11 is 0. The van der Waals surface area contributed by atoms with Crippen molar-refractivity contribution in [3.8, 4) is 0 Å². The molecule has 0 spiro atoms. The van der Waals surface area contributed by atoms with Gasteiger partial charge in [0.05, 0.1) is 0 Å². The minimum atomic E-state index is -0.848. The molecule has 6 heteroatoms. The van der Waals surface area contributed by atoms with Gasteiger partial charge >= 0.3 is 17.9 Å². The SMILES string of the molecule is CCCCC/C=C\C/C=C\C/C=C\C/C=C\C/C=C\CCC(=O)OCC(COC(=O)CC/C=C\C/C=C\C/C=C\C/C=C\C/C=C\CCCCC)OC(=O)CCCCCCC/C=C\CCCCCCCC. The minimum Gasteiger partial charge on any atom is -0.462 e. The number of hydrogen-bond acceptors (Lipinski definition) is 6. The second kappa shape index (κ2) is 58.1. The molecule has 0 saturated heterocycles. The molecule has 0 aliphatic rings. The molecule has 0 aliphatic carbocycles. The van der Waals surface area contributed by atoms with Crippen molar-refractivity contribution in [2.45, 2.75) is 245 Å². The molecule has 71 heavy (non-hydrogen) atoms. The molecule has 0 N–H and O–H groups in total. The molecule has 0 unspecified atom stereocenters. The van der Waals surface area contributed by atoms with Crippen molar-refractivity contribution in [2.75, 3.05) is 13.2 Å². The highest BCUT2D eigenvalue weighted by Gasteiger charge is 2.19. The Morgan fingerprint density at radius 2 is 0.535 bits per heavy atom. The molecule has 0 rings (SSSR count). The Balaban J connectivity index is 4.63. The average Bonchev–Trinajstić information content (AvgIpc) is 3.37. The number of carbonyl (C=O) groups excluding carboxylic acids is 3. The van der Waals surface area contributed by atoms with E-state index in [9.17, 15) is 14.4 Å². The predicted molar refractivity (Wildman–Crippen MR) is 306 cm³/mol. The number of esters is 3. The lowest BCUT2D eigenvalue weighted by atomic mass is 10.1. The topological polar surface area (TPSA) is 78.9 Å². The van der Waals surface area contributed by atoms with Crippen molar-refractivity contribution < 1.29 is 28.6 Å². The summed E-state index contributed by atoms with van der Waals surface area (Å²) in [5.41, 5.74) is 0. The Labute approximate surface area is 436 Å². The summed E-state index contributed by atoms with van der Waals surface area (Å²) in [5, 5.41) is 0. The fourth-order valence-corrected chi connectivity index (χ4v) is 7.28. The Hall–Kier alpha value is -4.45. The van der Waals surface area contributed by atoms with Crippen molar-refractivity contribution in [2.24, 2.45) is 0 Å². The summed E-state index contributed by atoms with van der Waals surface area (Å²) < 4.78 is 16.7. The van der Waals surface area contributed by atoms with Gasteiger partial charge in [0.1, 0.15) is 13.2 Å². The Bertz CT molecular complexity index is 1460. The highest BCUT2D eigenvalue weighted by atomic mass is 16.6. The minimum absolute atomic E-state index is 0.148. The molecular formula is C65H104O6. The maximum absolute atomic E-state index is 12.8. The zero-order chi connectivity index (χ0) is 51.4. The van der Waals surface area contributed by atoms with Gasteiger partial charge in [-0.15, -0.1) is 0 Å². The van der Waals surface area contributed by atoms with E-state index in [1.54, 1.807) is 0 Å². The molecule has 400 valence electrons. The number of hydrogen-bond donors (Lipinski definition) is 0. The molecule has 0 atom stereocenters. The highest BCUT2D eigenvalue weighted by Crippen LogP contribution is 2.12. The fraction of sp³-hybridized carbons (Fsp3) is 0.615.